The minimum atomic E-state index is -4.88. The van der Waals surface area contributed by atoms with Gasteiger partial charge in [0.2, 0.25) is 11.7 Å². The van der Waals surface area contributed by atoms with Crippen molar-refractivity contribution in [1.29, 1.82) is 0 Å². The van der Waals surface area contributed by atoms with Crippen LogP contribution in [0, 0.1) is 22.9 Å². The summed E-state index contributed by atoms with van der Waals surface area (Å²) < 4.78 is 53.3. The van der Waals surface area contributed by atoms with E-state index in [1.807, 2.05) is 14.1 Å². The number of likely N-dealkylation sites (N-methyl/N-ethyl adjacent to an activating group) is 1. The number of hydrogen-bond donors (Lipinski definition) is 3. The number of aryl methyl sites for hydroxylation is 1. The molecule has 4 rings (SSSR count). The second kappa shape index (κ2) is 11.2. The van der Waals surface area contributed by atoms with E-state index < -0.39 is 28.4 Å². The zero-order valence-electron chi connectivity index (χ0n) is 22.0. The Morgan fingerprint density at radius 1 is 1.20 bits per heavy atom. The van der Waals surface area contributed by atoms with Crippen molar-refractivity contribution in [3.63, 3.8) is 0 Å². The van der Waals surface area contributed by atoms with E-state index in [1.54, 1.807) is 13.0 Å². The predicted octanol–water partition coefficient (Wildman–Crippen LogP) is 4.64. The maximum atomic E-state index is 13.7. The molecule has 1 amide bonds. The summed E-state index contributed by atoms with van der Waals surface area (Å²) >= 11 is 0. The number of fused-ring (bicyclic) bond motifs is 1. The molecule has 0 saturated carbocycles. The van der Waals surface area contributed by atoms with E-state index in [1.165, 1.54) is 24.7 Å². The molecule has 1 aromatic carbocycles. The fourth-order valence-corrected chi connectivity index (χ4v) is 3.98. The highest BCUT2D eigenvalue weighted by Gasteiger charge is 2.34. The van der Waals surface area contributed by atoms with Gasteiger partial charge in [0, 0.05) is 24.1 Å². The summed E-state index contributed by atoms with van der Waals surface area (Å²) in [5.41, 5.74) is -0.767. The van der Waals surface area contributed by atoms with Crippen molar-refractivity contribution in [3.05, 3.63) is 82.0 Å². The smallest absolute Gasteiger partial charge is 0.358 e. The van der Waals surface area contributed by atoms with Gasteiger partial charge in [-0.3, -0.25) is 4.79 Å². The Kier molecular flexibility index (Phi) is 7.95. The number of rotatable bonds is 9. The summed E-state index contributed by atoms with van der Waals surface area (Å²) in [6, 6.07) is 3.91. The zero-order chi connectivity index (χ0) is 29.9. The highest BCUT2D eigenvalue weighted by molar-refractivity contribution is 6.00. The average Bonchev–Trinajstić information content (AvgIpc) is 3.24. The molecule has 0 aliphatic rings. The molecule has 0 fully saturated rings. The molecule has 0 spiro atoms. The highest BCUT2D eigenvalue weighted by atomic mass is 19.4. The fraction of sp³-hybridized carbons (Fsp3) is 0.240. The molecular weight excluding hydrogens is 550 g/mol. The largest absolute Gasteiger partial charge is 0.419 e. The summed E-state index contributed by atoms with van der Waals surface area (Å²) in [6.45, 7) is 2.25. The summed E-state index contributed by atoms with van der Waals surface area (Å²) in [5.74, 6) is -1.49. The van der Waals surface area contributed by atoms with Crippen molar-refractivity contribution in [1.82, 2.24) is 24.9 Å². The van der Waals surface area contributed by atoms with Gasteiger partial charge in [-0.25, -0.2) is 19.3 Å². The van der Waals surface area contributed by atoms with E-state index in [-0.39, 0.29) is 34.2 Å². The van der Waals surface area contributed by atoms with E-state index in [0.717, 1.165) is 6.07 Å². The van der Waals surface area contributed by atoms with E-state index in [2.05, 4.69) is 35.6 Å². The van der Waals surface area contributed by atoms with Crippen molar-refractivity contribution in [2.24, 2.45) is 0 Å². The van der Waals surface area contributed by atoms with Gasteiger partial charge >= 0.3 is 12.0 Å². The van der Waals surface area contributed by atoms with Crippen molar-refractivity contribution in [3.8, 4) is 0 Å². The van der Waals surface area contributed by atoms with Crippen LogP contribution in [0.5, 0.6) is 0 Å². The Morgan fingerprint density at radius 3 is 2.66 bits per heavy atom. The lowest BCUT2D eigenvalue weighted by Gasteiger charge is -2.27. The lowest BCUT2D eigenvalue weighted by atomic mass is 10.1. The van der Waals surface area contributed by atoms with Crippen molar-refractivity contribution in [2.45, 2.75) is 19.6 Å². The lowest BCUT2D eigenvalue weighted by molar-refractivity contribution is -0.898. The number of halogens is 4. The third-order valence-electron chi connectivity index (χ3n) is 5.81. The number of hydrogen-bond acceptors (Lipinski definition) is 8. The second-order valence-corrected chi connectivity index (χ2v) is 9.68. The molecule has 41 heavy (non-hydrogen) atoms. The van der Waals surface area contributed by atoms with Crippen LogP contribution in [-0.4, -0.2) is 60.9 Å². The van der Waals surface area contributed by atoms with Gasteiger partial charge in [-0.05, 0) is 40.2 Å². The number of alkyl halides is 3. The molecule has 0 bridgehead atoms. The molecule has 0 aliphatic heterocycles. The van der Waals surface area contributed by atoms with Crippen LogP contribution >= 0.6 is 0 Å². The molecule has 3 aromatic heterocycles. The van der Waals surface area contributed by atoms with E-state index in [4.69, 9.17) is 0 Å². The quantitative estimate of drug-likeness (QED) is 0.0860. The molecule has 0 atom stereocenters. The fourth-order valence-electron chi connectivity index (χ4n) is 3.98. The van der Waals surface area contributed by atoms with Crippen LogP contribution in [0.4, 0.5) is 40.7 Å². The van der Waals surface area contributed by atoms with Gasteiger partial charge < -0.3 is 30.2 Å². The third kappa shape index (κ3) is 7.16. The molecule has 0 saturated heterocycles. The topological polar surface area (TPSA) is 152 Å². The molecule has 0 aliphatic carbocycles. The molecule has 4 aromatic rings. The molecule has 16 heteroatoms. The number of nitrogens with one attached hydrogen (secondary N) is 3. The standard InChI is InChI=1S/C25H23F4N9O3/c1-14-33-20(24(34-14)37(40)41)12-38(2,3)8-4-5-22(39)36-21-10-16-19(11-30-21)31-13-32-23(16)35-15-6-7-18(26)17(9-15)25(27,28)29/h4-7,9-11,13H,8,12H2,1-3H3,(H2-,30,31,32,33,34,35,36,39)/p+1/b5-4+. The van der Waals surface area contributed by atoms with Crippen LogP contribution < -0.4 is 10.6 Å². The van der Waals surface area contributed by atoms with Gasteiger partial charge in [-0.15, -0.1) is 0 Å². The Hall–Kier alpha value is -4.99. The second-order valence-electron chi connectivity index (χ2n) is 9.68. The van der Waals surface area contributed by atoms with Gasteiger partial charge in [-0.2, -0.15) is 13.2 Å². The Morgan fingerprint density at radius 2 is 1.95 bits per heavy atom. The van der Waals surface area contributed by atoms with Gasteiger partial charge in [0.05, 0.1) is 37.9 Å². The SMILES string of the molecule is Cc1nc([N+](=O)[O-])c(C[N+](C)(C)C/C=C/C(=O)Nc2cc3c(Nc4ccc(F)c(C(F)(F)F)c4)ncnc3cn2)[nH]1. The maximum absolute atomic E-state index is 13.7. The first kappa shape index (κ1) is 29.0. The Labute approximate surface area is 229 Å². The van der Waals surface area contributed by atoms with Crippen molar-refractivity contribution >= 4 is 40.0 Å². The molecule has 12 nitrogen and oxygen atoms in total. The average molecular weight is 575 g/mol. The summed E-state index contributed by atoms with van der Waals surface area (Å²) in [7, 11) is 3.67. The molecule has 3 heterocycles. The highest BCUT2D eigenvalue weighted by Crippen LogP contribution is 2.34. The Balaban J connectivity index is 1.46. The van der Waals surface area contributed by atoms with E-state index >= 15 is 0 Å². The lowest BCUT2D eigenvalue weighted by Crippen LogP contribution is -2.39. The number of aromatic amines is 1. The number of amides is 1. The summed E-state index contributed by atoms with van der Waals surface area (Å²) in [4.78, 5) is 42.3. The van der Waals surface area contributed by atoms with Gasteiger partial charge in [-0.1, -0.05) is 0 Å². The maximum Gasteiger partial charge on any atom is 0.419 e. The number of nitro groups is 1. The Bertz CT molecular complexity index is 1650. The number of aromatic nitrogens is 5. The van der Waals surface area contributed by atoms with Crippen LogP contribution in [0.1, 0.15) is 17.1 Å². The number of carbonyl (C=O) groups excluding carboxylic acids is 1. The molecule has 3 N–H and O–H groups in total. The normalized spacial score (nSPS) is 12.2. The van der Waals surface area contributed by atoms with Gasteiger partial charge in [0.25, 0.3) is 0 Å². The van der Waals surface area contributed by atoms with E-state index in [9.17, 15) is 32.5 Å². The summed E-state index contributed by atoms with van der Waals surface area (Å²) in [5, 5.41) is 16.9. The summed E-state index contributed by atoms with van der Waals surface area (Å²) in [6.07, 6.45) is 0.548. The van der Waals surface area contributed by atoms with Crippen LogP contribution in [0.25, 0.3) is 10.9 Å². The van der Waals surface area contributed by atoms with Crippen molar-refractivity contribution < 1.29 is 31.8 Å². The number of anilines is 3. The van der Waals surface area contributed by atoms with Gasteiger partial charge in [0.15, 0.2) is 5.69 Å². The first-order valence-corrected chi connectivity index (χ1v) is 12.0. The first-order chi connectivity index (χ1) is 19.2. The van der Waals surface area contributed by atoms with Crippen LogP contribution in [0.2, 0.25) is 0 Å². The number of benzene rings is 1. The number of imidazole rings is 1. The molecule has 214 valence electrons. The number of carbonyl (C=O) groups is 1. The monoisotopic (exact) mass is 574 g/mol. The molecule has 0 unspecified atom stereocenters. The molecule has 0 radical (unpaired) electrons. The van der Waals surface area contributed by atoms with Gasteiger partial charge in [0.1, 0.15) is 30.3 Å². The minimum absolute atomic E-state index is 0.0552. The number of nitrogens with zero attached hydrogens (tertiary/aromatic N) is 6. The number of H-pyrrole nitrogens is 1. The van der Waals surface area contributed by atoms with Crippen LogP contribution in [-0.2, 0) is 17.5 Å². The van der Waals surface area contributed by atoms with Crippen molar-refractivity contribution in [2.75, 3.05) is 31.3 Å². The number of quaternary nitrogens is 1. The van der Waals surface area contributed by atoms with Crippen LogP contribution in [0.3, 0.4) is 0 Å². The zero-order valence-corrected chi connectivity index (χ0v) is 22.0. The van der Waals surface area contributed by atoms with Crippen LogP contribution in [0.15, 0.2) is 48.9 Å². The predicted molar refractivity (Wildman–Crippen MR) is 140 cm³/mol. The number of pyridine rings is 1. The van der Waals surface area contributed by atoms with E-state index in [0.29, 0.717) is 41.1 Å². The minimum Gasteiger partial charge on any atom is -0.358 e. The molecular formula is C25H24F4N9O3+. The first-order valence-electron chi connectivity index (χ1n) is 12.0. The third-order valence-corrected chi connectivity index (χ3v) is 5.81.